The Kier molecular flexibility index (Phi) is 4.12. The highest BCUT2D eigenvalue weighted by molar-refractivity contribution is 6.30. The first-order valence-corrected chi connectivity index (χ1v) is 6.57. The third kappa shape index (κ3) is 3.01. The molecule has 0 spiro atoms. The highest BCUT2D eigenvalue weighted by Gasteiger charge is 2.05. The molecule has 0 atom stereocenters. The number of aromatic hydroxyl groups is 1. The Morgan fingerprint density at radius 1 is 1.15 bits per heavy atom. The van der Waals surface area contributed by atoms with Crippen LogP contribution in [0.25, 0.3) is 11.6 Å². The molecule has 0 unspecified atom stereocenters. The van der Waals surface area contributed by atoms with Crippen molar-refractivity contribution in [1.29, 1.82) is 5.26 Å². The average molecular weight is 284 g/mol. The Morgan fingerprint density at radius 3 is 2.20 bits per heavy atom. The van der Waals surface area contributed by atoms with Crippen molar-refractivity contribution in [1.82, 2.24) is 0 Å². The Balaban J connectivity index is 2.47. The Labute approximate surface area is 123 Å². The van der Waals surface area contributed by atoms with Crippen LogP contribution in [0.3, 0.4) is 0 Å². The van der Waals surface area contributed by atoms with Crippen LogP contribution in [-0.4, -0.2) is 5.11 Å². The maximum Gasteiger partial charge on any atom is 0.121 e. The van der Waals surface area contributed by atoms with Gasteiger partial charge in [-0.1, -0.05) is 23.7 Å². The van der Waals surface area contributed by atoms with Gasteiger partial charge in [0.2, 0.25) is 0 Å². The minimum atomic E-state index is 0.298. The summed E-state index contributed by atoms with van der Waals surface area (Å²) in [5, 5.41) is 19.7. The van der Waals surface area contributed by atoms with E-state index in [2.05, 4.69) is 6.07 Å². The van der Waals surface area contributed by atoms with Crippen LogP contribution in [0, 0.1) is 25.2 Å². The summed E-state index contributed by atoms with van der Waals surface area (Å²) < 4.78 is 0. The summed E-state index contributed by atoms with van der Waals surface area (Å²) in [7, 11) is 0. The third-order valence-electron chi connectivity index (χ3n) is 3.10. The molecule has 0 radical (unpaired) electrons. The number of benzene rings is 2. The molecule has 0 aliphatic rings. The van der Waals surface area contributed by atoms with Gasteiger partial charge < -0.3 is 5.11 Å². The highest BCUT2D eigenvalue weighted by Crippen LogP contribution is 2.26. The van der Waals surface area contributed by atoms with Crippen LogP contribution in [0.5, 0.6) is 5.75 Å². The molecule has 2 rings (SSSR count). The molecule has 0 saturated heterocycles. The maximum absolute atomic E-state index is 9.77. The van der Waals surface area contributed by atoms with Crippen LogP contribution in [0.15, 0.2) is 36.4 Å². The van der Waals surface area contributed by atoms with E-state index in [0.717, 1.165) is 22.3 Å². The molecule has 2 aromatic rings. The van der Waals surface area contributed by atoms with E-state index in [0.29, 0.717) is 16.3 Å². The van der Waals surface area contributed by atoms with Crippen molar-refractivity contribution in [2.45, 2.75) is 13.8 Å². The van der Waals surface area contributed by atoms with Gasteiger partial charge in [-0.15, -0.1) is 0 Å². The summed E-state index contributed by atoms with van der Waals surface area (Å²) in [5.74, 6) is 0.298. The molecule has 3 heteroatoms. The number of aryl methyl sites for hydroxylation is 2. The normalized spacial score (nSPS) is 11.2. The summed E-state index contributed by atoms with van der Waals surface area (Å²) in [6.45, 7) is 3.68. The van der Waals surface area contributed by atoms with Crippen LogP contribution in [0.1, 0.15) is 22.3 Å². The van der Waals surface area contributed by atoms with Crippen molar-refractivity contribution in [3.8, 4) is 11.8 Å². The van der Waals surface area contributed by atoms with E-state index in [9.17, 15) is 10.4 Å². The van der Waals surface area contributed by atoms with Gasteiger partial charge in [-0.25, -0.2) is 0 Å². The Morgan fingerprint density at radius 2 is 1.70 bits per heavy atom. The predicted octanol–water partition coefficient (Wildman–Crippen LogP) is 4.73. The summed E-state index contributed by atoms with van der Waals surface area (Å²) >= 11 is 5.85. The zero-order valence-electron chi connectivity index (χ0n) is 11.3. The molecule has 20 heavy (non-hydrogen) atoms. The molecule has 0 saturated carbocycles. The van der Waals surface area contributed by atoms with Crippen molar-refractivity contribution in [2.24, 2.45) is 0 Å². The first-order valence-electron chi connectivity index (χ1n) is 6.19. The number of allylic oxidation sites excluding steroid dienone is 1. The van der Waals surface area contributed by atoms with Crippen LogP contribution >= 0.6 is 11.6 Å². The topological polar surface area (TPSA) is 44.0 Å². The molecule has 0 aliphatic heterocycles. The Bertz CT molecular complexity index is 686. The molecule has 2 aromatic carbocycles. The predicted molar refractivity (Wildman–Crippen MR) is 82.5 cm³/mol. The van der Waals surface area contributed by atoms with E-state index in [4.69, 9.17) is 11.6 Å². The number of phenols is 1. The fourth-order valence-electron chi connectivity index (χ4n) is 2.05. The number of phenolic OH excluding ortho intramolecular Hbond substituents is 1. The van der Waals surface area contributed by atoms with E-state index >= 15 is 0 Å². The summed E-state index contributed by atoms with van der Waals surface area (Å²) in [4.78, 5) is 0. The minimum absolute atomic E-state index is 0.298. The molecule has 100 valence electrons. The average Bonchev–Trinajstić information content (AvgIpc) is 2.43. The molecule has 0 amide bonds. The van der Waals surface area contributed by atoms with Gasteiger partial charge in [0.05, 0.1) is 11.6 Å². The van der Waals surface area contributed by atoms with Crippen LogP contribution < -0.4 is 0 Å². The zero-order valence-corrected chi connectivity index (χ0v) is 12.1. The van der Waals surface area contributed by atoms with Crippen molar-refractivity contribution in [3.05, 3.63) is 63.7 Å². The lowest BCUT2D eigenvalue weighted by Gasteiger charge is -2.06. The fourth-order valence-corrected chi connectivity index (χ4v) is 2.17. The van der Waals surface area contributed by atoms with Crippen molar-refractivity contribution >= 4 is 23.3 Å². The molecule has 2 nitrogen and oxygen atoms in total. The lowest BCUT2D eigenvalue weighted by atomic mass is 10.0. The van der Waals surface area contributed by atoms with E-state index in [-0.39, 0.29) is 0 Å². The van der Waals surface area contributed by atoms with Gasteiger partial charge in [0.1, 0.15) is 5.75 Å². The molecule has 0 aliphatic carbocycles. The molecular formula is C17H14ClNO. The van der Waals surface area contributed by atoms with E-state index < -0.39 is 0 Å². The van der Waals surface area contributed by atoms with Gasteiger partial charge in [0.25, 0.3) is 0 Å². The molecular weight excluding hydrogens is 270 g/mol. The minimum Gasteiger partial charge on any atom is -0.507 e. The number of hydrogen-bond acceptors (Lipinski definition) is 2. The van der Waals surface area contributed by atoms with Crippen LogP contribution in [0.4, 0.5) is 0 Å². The van der Waals surface area contributed by atoms with Crippen molar-refractivity contribution in [3.63, 3.8) is 0 Å². The van der Waals surface area contributed by atoms with Gasteiger partial charge >= 0.3 is 0 Å². The lowest BCUT2D eigenvalue weighted by molar-refractivity contribution is 0.467. The number of hydrogen-bond donors (Lipinski definition) is 1. The monoisotopic (exact) mass is 283 g/mol. The number of nitriles is 1. The van der Waals surface area contributed by atoms with Gasteiger partial charge in [-0.05, 0) is 66.4 Å². The van der Waals surface area contributed by atoms with Gasteiger partial charge in [0, 0.05) is 5.02 Å². The smallest absolute Gasteiger partial charge is 0.121 e. The second-order valence-electron chi connectivity index (χ2n) is 4.68. The molecule has 0 aromatic heterocycles. The van der Waals surface area contributed by atoms with Gasteiger partial charge in [-0.3, -0.25) is 0 Å². The quantitative estimate of drug-likeness (QED) is 0.640. The van der Waals surface area contributed by atoms with Gasteiger partial charge in [-0.2, -0.15) is 5.26 Å². The standard InChI is InChI=1S/C17H14ClNO/c1-11-7-13(8-12(2)17(11)20)9-15(10-19)14-3-5-16(18)6-4-14/h3-9,20H,1-2H3. The largest absolute Gasteiger partial charge is 0.507 e. The zero-order chi connectivity index (χ0) is 14.7. The molecule has 1 N–H and O–H groups in total. The summed E-state index contributed by atoms with van der Waals surface area (Å²) in [5.41, 5.74) is 3.87. The summed E-state index contributed by atoms with van der Waals surface area (Å²) in [6, 6.07) is 13.1. The summed E-state index contributed by atoms with van der Waals surface area (Å²) in [6.07, 6.45) is 1.81. The second kappa shape index (κ2) is 5.81. The number of halogens is 1. The maximum atomic E-state index is 9.77. The first-order chi connectivity index (χ1) is 9.51. The Hall–Kier alpha value is -2.24. The molecule has 0 bridgehead atoms. The van der Waals surface area contributed by atoms with Crippen LogP contribution in [-0.2, 0) is 0 Å². The number of rotatable bonds is 2. The lowest BCUT2D eigenvalue weighted by Crippen LogP contribution is -1.86. The third-order valence-corrected chi connectivity index (χ3v) is 3.35. The first kappa shape index (κ1) is 14.2. The fraction of sp³-hybridized carbons (Fsp3) is 0.118. The molecule has 0 fully saturated rings. The second-order valence-corrected chi connectivity index (χ2v) is 5.12. The highest BCUT2D eigenvalue weighted by atomic mass is 35.5. The van der Waals surface area contributed by atoms with Gasteiger partial charge in [0.15, 0.2) is 0 Å². The molecule has 0 heterocycles. The van der Waals surface area contributed by atoms with E-state index in [1.54, 1.807) is 12.1 Å². The SMILES string of the molecule is Cc1cc(C=C(C#N)c2ccc(Cl)cc2)cc(C)c1O. The van der Waals surface area contributed by atoms with E-state index in [1.165, 1.54) is 0 Å². The van der Waals surface area contributed by atoms with E-state index in [1.807, 2.05) is 44.2 Å². The van der Waals surface area contributed by atoms with Crippen molar-refractivity contribution < 1.29 is 5.11 Å². The van der Waals surface area contributed by atoms with Crippen LogP contribution in [0.2, 0.25) is 5.02 Å². The van der Waals surface area contributed by atoms with Crippen molar-refractivity contribution in [2.75, 3.05) is 0 Å². The number of nitrogens with zero attached hydrogens (tertiary/aromatic N) is 1.